The lowest BCUT2D eigenvalue weighted by molar-refractivity contribution is 0.0593. The molecule has 1 atom stereocenters. The minimum absolute atomic E-state index is 0.0844. The van der Waals surface area contributed by atoms with Crippen molar-refractivity contribution in [2.24, 2.45) is 0 Å². The molecule has 0 saturated heterocycles. The van der Waals surface area contributed by atoms with Gasteiger partial charge < -0.3 is 24.5 Å². The van der Waals surface area contributed by atoms with Crippen molar-refractivity contribution in [3.05, 3.63) is 41.7 Å². The Balaban J connectivity index is 2.35. The van der Waals surface area contributed by atoms with Gasteiger partial charge in [-0.05, 0) is 31.2 Å². The average Bonchev–Trinajstić information content (AvgIpc) is 2.91. The number of ether oxygens (including phenoxy) is 3. The molecule has 1 aromatic heterocycles. The van der Waals surface area contributed by atoms with E-state index in [0.29, 0.717) is 18.0 Å². The number of aromatic nitrogens is 1. The number of methoxy groups -OCH3 is 2. The fourth-order valence-corrected chi connectivity index (χ4v) is 2.30. The van der Waals surface area contributed by atoms with E-state index in [1.54, 1.807) is 31.4 Å². The van der Waals surface area contributed by atoms with Crippen LogP contribution in [0.3, 0.4) is 0 Å². The molecule has 2 N–H and O–H groups in total. The number of esters is 1. The zero-order chi connectivity index (χ0) is 17.7. The number of nitrogens with two attached hydrogens (primary N) is 1. The first-order chi connectivity index (χ1) is 11.5. The molecule has 2 aromatic rings. The molecule has 0 aliphatic carbocycles. The summed E-state index contributed by atoms with van der Waals surface area (Å²) in [7, 11) is 2.87. The molecule has 0 amide bonds. The van der Waals surface area contributed by atoms with Crippen molar-refractivity contribution < 1.29 is 19.0 Å². The van der Waals surface area contributed by atoms with Crippen LogP contribution in [0.1, 0.15) is 23.0 Å². The third kappa shape index (κ3) is 3.50. The van der Waals surface area contributed by atoms with Crippen molar-refractivity contribution >= 4 is 11.7 Å². The van der Waals surface area contributed by atoms with Crippen LogP contribution in [-0.4, -0.2) is 37.5 Å². The largest absolute Gasteiger partial charge is 0.488 e. The van der Waals surface area contributed by atoms with Gasteiger partial charge in [0.1, 0.15) is 17.9 Å². The van der Waals surface area contributed by atoms with Crippen LogP contribution in [0, 0.1) is 11.3 Å². The molecule has 0 fully saturated rings. The highest BCUT2D eigenvalue weighted by molar-refractivity contribution is 5.95. The Kier molecular flexibility index (Phi) is 5.45. The van der Waals surface area contributed by atoms with E-state index in [1.165, 1.54) is 17.9 Å². The van der Waals surface area contributed by atoms with Gasteiger partial charge in [0.2, 0.25) is 0 Å². The maximum absolute atomic E-state index is 12.0. The normalized spacial score (nSPS) is 11.6. The lowest BCUT2D eigenvalue weighted by atomic mass is 10.2. The third-order valence-electron chi connectivity index (χ3n) is 3.40. The van der Waals surface area contributed by atoms with E-state index < -0.39 is 5.97 Å². The molecule has 0 radical (unpaired) electrons. The van der Waals surface area contributed by atoms with Gasteiger partial charge in [-0.25, -0.2) is 4.79 Å². The lowest BCUT2D eigenvalue weighted by Crippen LogP contribution is -2.17. The van der Waals surface area contributed by atoms with E-state index in [2.05, 4.69) is 0 Å². The number of anilines is 1. The van der Waals surface area contributed by atoms with Crippen LogP contribution in [-0.2, 0) is 9.47 Å². The van der Waals surface area contributed by atoms with Crippen molar-refractivity contribution in [2.45, 2.75) is 13.0 Å². The summed E-state index contributed by atoms with van der Waals surface area (Å²) in [5, 5.41) is 9.12. The van der Waals surface area contributed by atoms with Gasteiger partial charge in [-0.15, -0.1) is 0 Å². The van der Waals surface area contributed by atoms with E-state index in [1.807, 2.05) is 13.0 Å². The molecule has 0 bridgehead atoms. The SMILES string of the molecule is COCC(C)Oc1ccc(-n2cc(C#N)c(N)c2C(=O)OC)cc1. The first kappa shape index (κ1) is 17.4. The second-order valence-corrected chi connectivity index (χ2v) is 5.16. The second-order valence-electron chi connectivity index (χ2n) is 5.16. The number of benzene rings is 1. The molecular formula is C17H19N3O4. The van der Waals surface area contributed by atoms with E-state index >= 15 is 0 Å². The summed E-state index contributed by atoms with van der Waals surface area (Å²) in [6.07, 6.45) is 1.42. The van der Waals surface area contributed by atoms with Crippen LogP contribution < -0.4 is 10.5 Å². The van der Waals surface area contributed by atoms with Crippen molar-refractivity contribution in [1.82, 2.24) is 4.57 Å². The molecule has 0 aliphatic rings. The highest BCUT2D eigenvalue weighted by Gasteiger charge is 2.21. The van der Waals surface area contributed by atoms with E-state index in [-0.39, 0.29) is 23.0 Å². The molecule has 1 aromatic carbocycles. The van der Waals surface area contributed by atoms with Gasteiger partial charge in [0.05, 0.1) is 25.0 Å². The van der Waals surface area contributed by atoms with Crippen LogP contribution in [0.5, 0.6) is 5.75 Å². The topological polar surface area (TPSA) is 99.5 Å². The molecule has 2 rings (SSSR count). The molecule has 0 spiro atoms. The minimum atomic E-state index is -0.608. The Morgan fingerprint density at radius 3 is 2.54 bits per heavy atom. The molecular weight excluding hydrogens is 310 g/mol. The Morgan fingerprint density at radius 1 is 1.33 bits per heavy atom. The molecule has 7 nitrogen and oxygen atoms in total. The summed E-state index contributed by atoms with van der Waals surface area (Å²) < 4.78 is 17.0. The monoisotopic (exact) mass is 329 g/mol. The first-order valence-corrected chi connectivity index (χ1v) is 7.27. The minimum Gasteiger partial charge on any atom is -0.488 e. The van der Waals surface area contributed by atoms with Crippen molar-refractivity contribution in [3.63, 3.8) is 0 Å². The Labute approximate surface area is 140 Å². The summed E-state index contributed by atoms with van der Waals surface area (Å²) >= 11 is 0. The molecule has 7 heteroatoms. The number of nitrogens with zero attached hydrogens (tertiary/aromatic N) is 2. The number of nitrogen functional groups attached to an aromatic ring is 1. The predicted molar refractivity (Wildman–Crippen MR) is 88.2 cm³/mol. The lowest BCUT2D eigenvalue weighted by Gasteiger charge is -2.14. The highest BCUT2D eigenvalue weighted by atomic mass is 16.5. The highest BCUT2D eigenvalue weighted by Crippen LogP contribution is 2.26. The van der Waals surface area contributed by atoms with Crippen LogP contribution in [0.4, 0.5) is 5.69 Å². The number of carbonyl (C=O) groups excluding carboxylic acids is 1. The molecule has 126 valence electrons. The number of rotatable bonds is 6. The van der Waals surface area contributed by atoms with Crippen molar-refractivity contribution in [3.8, 4) is 17.5 Å². The maximum Gasteiger partial charge on any atom is 0.357 e. The van der Waals surface area contributed by atoms with Crippen molar-refractivity contribution in [2.75, 3.05) is 26.6 Å². The zero-order valence-corrected chi connectivity index (χ0v) is 13.8. The fraction of sp³-hybridized carbons (Fsp3) is 0.294. The van der Waals surface area contributed by atoms with Crippen LogP contribution in [0.2, 0.25) is 0 Å². The summed E-state index contributed by atoms with van der Waals surface area (Å²) in [5.74, 6) is 0.0617. The number of carbonyl (C=O) groups is 1. The first-order valence-electron chi connectivity index (χ1n) is 7.27. The summed E-state index contributed by atoms with van der Waals surface area (Å²) in [6.45, 7) is 2.38. The quantitative estimate of drug-likeness (QED) is 0.815. The molecule has 0 saturated carbocycles. The van der Waals surface area contributed by atoms with Gasteiger partial charge in [0.15, 0.2) is 5.69 Å². The smallest absolute Gasteiger partial charge is 0.357 e. The average molecular weight is 329 g/mol. The Bertz CT molecular complexity index is 759. The fourth-order valence-electron chi connectivity index (χ4n) is 2.30. The van der Waals surface area contributed by atoms with E-state index in [0.717, 1.165) is 0 Å². The predicted octanol–water partition coefficient (Wildman–Crippen LogP) is 2.13. The van der Waals surface area contributed by atoms with Crippen molar-refractivity contribution in [1.29, 1.82) is 5.26 Å². The molecule has 24 heavy (non-hydrogen) atoms. The molecule has 0 aliphatic heterocycles. The van der Waals surface area contributed by atoms with Gasteiger partial charge in [0, 0.05) is 19.0 Å². The summed E-state index contributed by atoms with van der Waals surface area (Å²) in [5.41, 5.74) is 6.97. The van der Waals surface area contributed by atoms with E-state index in [9.17, 15) is 4.79 Å². The van der Waals surface area contributed by atoms with Gasteiger partial charge in [-0.1, -0.05) is 0 Å². The van der Waals surface area contributed by atoms with Gasteiger partial charge in [-0.3, -0.25) is 0 Å². The van der Waals surface area contributed by atoms with Crippen LogP contribution in [0.25, 0.3) is 5.69 Å². The third-order valence-corrected chi connectivity index (χ3v) is 3.40. The summed E-state index contributed by atoms with van der Waals surface area (Å²) in [6, 6.07) is 9.03. The van der Waals surface area contributed by atoms with E-state index in [4.69, 9.17) is 25.2 Å². The summed E-state index contributed by atoms with van der Waals surface area (Å²) in [4.78, 5) is 12.0. The Hall–Kier alpha value is -2.98. The second kappa shape index (κ2) is 7.53. The Morgan fingerprint density at radius 2 is 2.00 bits per heavy atom. The zero-order valence-electron chi connectivity index (χ0n) is 13.8. The molecule has 1 heterocycles. The number of hydrogen-bond donors (Lipinski definition) is 1. The number of hydrogen-bond acceptors (Lipinski definition) is 6. The van der Waals surface area contributed by atoms with Crippen LogP contribution in [0.15, 0.2) is 30.5 Å². The number of nitriles is 1. The van der Waals surface area contributed by atoms with Gasteiger partial charge >= 0.3 is 5.97 Å². The standard InChI is InChI=1S/C17H19N3O4/c1-11(10-22-2)24-14-6-4-13(5-7-14)20-9-12(8-18)15(19)16(20)17(21)23-3/h4-7,9,11H,10,19H2,1-3H3. The molecule has 1 unspecified atom stereocenters. The van der Waals surface area contributed by atoms with Crippen LogP contribution >= 0.6 is 0 Å². The van der Waals surface area contributed by atoms with Gasteiger partial charge in [-0.2, -0.15) is 5.26 Å². The van der Waals surface area contributed by atoms with Gasteiger partial charge in [0.25, 0.3) is 0 Å². The maximum atomic E-state index is 12.0.